The Morgan fingerprint density at radius 2 is 1.76 bits per heavy atom. The SMILES string of the molecule is [2H]N(C(=O)CNC(=O)C1CC1c1ccc(F)c(F)c1)[C@H](C(=O)N[C@@H](CCC(=O)OCC)C(=O)OCC)C(C)C. The molecule has 0 saturated heterocycles. The standard InChI is InChI=1S/C26H35F2N3O7/c1-5-37-22(33)10-9-20(26(36)38-6-2)30-25(35)23(14(3)4)31-21(32)13-29-24(34)17-12-16(17)15-7-8-18(27)19(28)11-15/h7-8,11,14,16-17,20,23H,5-6,9-10,12-13H2,1-4H3,(H,29,34)(H,30,35)(H,31,32)/t16?,17?,20-,23-/m0/s1/i/hD. The Balaban J connectivity index is 1.97. The minimum Gasteiger partial charge on any atom is -0.466 e. The predicted molar refractivity (Wildman–Crippen MR) is 131 cm³/mol. The number of hydrogen-bond donors (Lipinski definition) is 3. The second-order valence-electron chi connectivity index (χ2n) is 9.21. The van der Waals surface area contributed by atoms with Crippen LogP contribution in [0.5, 0.6) is 0 Å². The van der Waals surface area contributed by atoms with Crippen molar-refractivity contribution in [3.63, 3.8) is 0 Å². The van der Waals surface area contributed by atoms with E-state index in [0.717, 1.165) is 12.1 Å². The van der Waals surface area contributed by atoms with Crippen molar-refractivity contribution in [3.8, 4) is 0 Å². The van der Waals surface area contributed by atoms with E-state index in [-0.39, 0.29) is 32.0 Å². The zero-order valence-electron chi connectivity index (χ0n) is 22.9. The third kappa shape index (κ3) is 9.07. The summed E-state index contributed by atoms with van der Waals surface area (Å²) in [5, 5.41) is 5.33. The number of benzene rings is 1. The lowest BCUT2D eigenvalue weighted by Crippen LogP contribution is -2.55. The lowest BCUT2D eigenvalue weighted by atomic mass is 10.0. The quantitative estimate of drug-likeness (QED) is 0.305. The van der Waals surface area contributed by atoms with Gasteiger partial charge in [0.05, 0.1) is 19.8 Å². The average Bonchev–Trinajstić information content (AvgIpc) is 3.67. The molecule has 0 radical (unpaired) electrons. The van der Waals surface area contributed by atoms with Gasteiger partial charge in [-0.3, -0.25) is 19.2 Å². The highest BCUT2D eigenvalue weighted by Crippen LogP contribution is 2.47. The summed E-state index contributed by atoms with van der Waals surface area (Å²) in [5.74, 6) is -6.88. The first kappa shape index (κ1) is 29.0. The van der Waals surface area contributed by atoms with E-state index in [1.165, 1.54) is 6.07 Å². The van der Waals surface area contributed by atoms with Gasteiger partial charge in [-0.05, 0) is 56.2 Å². The van der Waals surface area contributed by atoms with Gasteiger partial charge in [0.15, 0.2) is 13.0 Å². The van der Waals surface area contributed by atoms with Crippen LogP contribution >= 0.6 is 0 Å². The van der Waals surface area contributed by atoms with E-state index in [1.54, 1.807) is 27.7 Å². The molecule has 210 valence electrons. The zero-order valence-corrected chi connectivity index (χ0v) is 21.9. The van der Waals surface area contributed by atoms with Gasteiger partial charge in [0, 0.05) is 12.3 Å². The molecule has 0 aliphatic heterocycles. The van der Waals surface area contributed by atoms with E-state index >= 15 is 0 Å². The molecule has 1 saturated carbocycles. The Morgan fingerprint density at radius 1 is 1.08 bits per heavy atom. The Morgan fingerprint density at radius 3 is 2.37 bits per heavy atom. The summed E-state index contributed by atoms with van der Waals surface area (Å²) >= 11 is 0. The van der Waals surface area contributed by atoms with Crippen LogP contribution in [0.2, 0.25) is 1.41 Å². The lowest BCUT2D eigenvalue weighted by Gasteiger charge is -2.25. The van der Waals surface area contributed by atoms with Gasteiger partial charge >= 0.3 is 11.9 Å². The van der Waals surface area contributed by atoms with E-state index in [4.69, 9.17) is 10.9 Å². The van der Waals surface area contributed by atoms with Crippen molar-refractivity contribution in [2.75, 3.05) is 19.8 Å². The monoisotopic (exact) mass is 540 g/mol. The maximum atomic E-state index is 13.5. The first-order chi connectivity index (χ1) is 18.4. The van der Waals surface area contributed by atoms with E-state index in [1.807, 2.05) is 0 Å². The zero-order chi connectivity index (χ0) is 29.3. The number of nitrogens with one attached hydrogen (secondary N) is 3. The molecular weight excluding hydrogens is 504 g/mol. The van der Waals surface area contributed by atoms with Crippen LogP contribution in [0.4, 0.5) is 8.78 Å². The summed E-state index contributed by atoms with van der Waals surface area (Å²) in [5.41, 5.74) is 0.471. The molecule has 0 aromatic heterocycles. The van der Waals surface area contributed by atoms with Gasteiger partial charge < -0.3 is 25.4 Å². The van der Waals surface area contributed by atoms with Gasteiger partial charge in [-0.25, -0.2) is 13.6 Å². The highest BCUT2D eigenvalue weighted by molar-refractivity contribution is 5.93. The number of amides is 3. The third-order valence-corrected chi connectivity index (χ3v) is 5.93. The summed E-state index contributed by atoms with van der Waals surface area (Å²) < 4.78 is 44.7. The molecule has 3 amide bonds. The minimum atomic E-state index is -1.32. The second kappa shape index (κ2) is 14.4. The Kier molecular flexibility index (Phi) is 11.0. The van der Waals surface area contributed by atoms with E-state index in [2.05, 4.69) is 10.6 Å². The Labute approximate surface area is 221 Å². The fourth-order valence-corrected chi connectivity index (χ4v) is 3.85. The number of ether oxygens (including phenoxy) is 2. The fraction of sp³-hybridized carbons (Fsp3) is 0.577. The molecule has 1 fully saturated rings. The van der Waals surface area contributed by atoms with Crippen LogP contribution in [0, 0.1) is 23.5 Å². The molecule has 0 bridgehead atoms. The number of rotatable bonds is 14. The van der Waals surface area contributed by atoms with Crippen LogP contribution in [0.1, 0.15) is 58.4 Å². The van der Waals surface area contributed by atoms with Gasteiger partial charge in [-0.15, -0.1) is 0 Å². The molecule has 1 aromatic rings. The molecule has 0 heterocycles. The Hall–Kier alpha value is -3.57. The van der Waals surface area contributed by atoms with Crippen molar-refractivity contribution >= 4 is 29.7 Å². The van der Waals surface area contributed by atoms with Crippen LogP contribution < -0.4 is 15.9 Å². The van der Waals surface area contributed by atoms with Crippen molar-refractivity contribution in [3.05, 3.63) is 35.4 Å². The number of halogens is 2. The average molecular weight is 541 g/mol. The number of carbonyl (C=O) groups excluding carboxylic acids is 5. The molecule has 3 N–H and O–H groups in total. The fourth-order valence-electron chi connectivity index (χ4n) is 3.85. The number of hydrogen-bond acceptors (Lipinski definition) is 7. The van der Waals surface area contributed by atoms with Crippen LogP contribution in [0.25, 0.3) is 0 Å². The smallest absolute Gasteiger partial charge is 0.328 e. The van der Waals surface area contributed by atoms with Gasteiger partial charge in [-0.2, -0.15) is 0 Å². The Bertz CT molecular complexity index is 1070. The summed E-state index contributed by atoms with van der Waals surface area (Å²) in [7, 11) is 0. The molecule has 2 rings (SSSR count). The van der Waals surface area contributed by atoms with Crippen molar-refractivity contribution in [2.45, 2.75) is 65.0 Å². The summed E-state index contributed by atoms with van der Waals surface area (Å²) in [6.07, 6.45) is 0.136. The van der Waals surface area contributed by atoms with E-state index in [9.17, 15) is 32.8 Å². The van der Waals surface area contributed by atoms with Crippen LogP contribution in [0.15, 0.2) is 18.2 Å². The van der Waals surface area contributed by atoms with E-state index < -0.39 is 71.8 Å². The first-order valence-electron chi connectivity index (χ1n) is 13.0. The normalized spacial score (nSPS) is 18.0. The molecule has 10 nitrogen and oxygen atoms in total. The van der Waals surface area contributed by atoms with Crippen LogP contribution in [-0.4, -0.2) is 61.5 Å². The topological polar surface area (TPSA) is 140 Å². The molecule has 12 heteroatoms. The number of carbonyl (C=O) groups is 5. The lowest BCUT2D eigenvalue weighted by molar-refractivity contribution is -0.149. The minimum absolute atomic E-state index is 0.0406. The number of esters is 2. The van der Waals surface area contributed by atoms with Crippen molar-refractivity contribution in [1.82, 2.24) is 15.9 Å². The van der Waals surface area contributed by atoms with Gasteiger partial charge in [0.25, 0.3) is 0 Å². The first-order valence-corrected chi connectivity index (χ1v) is 12.6. The molecular formula is C26H35F2N3O7. The van der Waals surface area contributed by atoms with Gasteiger partial charge in [0.2, 0.25) is 17.7 Å². The largest absolute Gasteiger partial charge is 0.466 e. The van der Waals surface area contributed by atoms with Gasteiger partial charge in [-0.1, -0.05) is 19.9 Å². The molecule has 4 atom stereocenters. The van der Waals surface area contributed by atoms with Crippen molar-refractivity contribution < 1.29 is 43.6 Å². The molecule has 1 aliphatic rings. The highest BCUT2D eigenvalue weighted by atomic mass is 19.2. The van der Waals surface area contributed by atoms with Crippen molar-refractivity contribution in [2.24, 2.45) is 11.8 Å². The summed E-state index contributed by atoms with van der Waals surface area (Å²) in [6, 6.07) is 0.903. The van der Waals surface area contributed by atoms with Crippen molar-refractivity contribution in [1.29, 1.82) is 0 Å². The molecule has 0 spiro atoms. The molecule has 1 aliphatic carbocycles. The molecule has 38 heavy (non-hydrogen) atoms. The second-order valence-corrected chi connectivity index (χ2v) is 9.21. The van der Waals surface area contributed by atoms with E-state index in [0.29, 0.717) is 17.3 Å². The predicted octanol–water partition coefficient (Wildman–Crippen LogP) is 1.72. The molecule has 2 unspecified atom stereocenters. The highest BCUT2D eigenvalue weighted by Gasteiger charge is 2.44. The van der Waals surface area contributed by atoms with Crippen LogP contribution in [0.3, 0.4) is 0 Å². The maximum Gasteiger partial charge on any atom is 0.328 e. The maximum absolute atomic E-state index is 13.5. The molecule has 1 aromatic carbocycles. The third-order valence-electron chi connectivity index (χ3n) is 5.93. The summed E-state index contributed by atoms with van der Waals surface area (Å²) in [4.78, 5) is 62.3. The van der Waals surface area contributed by atoms with Crippen LogP contribution in [-0.2, 0) is 33.4 Å². The van der Waals surface area contributed by atoms with Gasteiger partial charge in [0.1, 0.15) is 12.1 Å². The summed E-state index contributed by atoms with van der Waals surface area (Å²) in [6.45, 7) is 6.05.